The van der Waals surface area contributed by atoms with E-state index in [1.807, 2.05) is 0 Å². The van der Waals surface area contributed by atoms with Crippen molar-refractivity contribution in [2.24, 2.45) is 16.3 Å². The van der Waals surface area contributed by atoms with Gasteiger partial charge in [0.2, 0.25) is 0 Å². The Kier molecular flexibility index (Phi) is 5.28. The van der Waals surface area contributed by atoms with Gasteiger partial charge in [-0.3, -0.25) is 0 Å². The second kappa shape index (κ2) is 6.55. The highest BCUT2D eigenvalue weighted by molar-refractivity contribution is 5.85. The molecule has 0 aromatic heterocycles. The lowest BCUT2D eigenvalue weighted by Gasteiger charge is -2.23. The summed E-state index contributed by atoms with van der Waals surface area (Å²) in [5, 5.41) is 11.6. The quantitative estimate of drug-likeness (QED) is 0.366. The molecule has 3 N–H and O–H groups in total. The van der Waals surface area contributed by atoms with Gasteiger partial charge in [0.25, 0.3) is 0 Å². The maximum atomic E-state index is 12.2. The van der Waals surface area contributed by atoms with Crippen LogP contribution < -0.4 is 15.2 Å². The standard InChI is InChI=1S/C13H17F3N2O3/c1-12(2,11(17)18-19)7-8-20-9-5-3-4-6-10(9)21-13(14,15)16/h3-6,19H,7-8H2,1-2H3,(H2,17,18). The molecule has 1 rings (SSSR count). The van der Waals surface area contributed by atoms with Gasteiger partial charge in [0.15, 0.2) is 11.5 Å². The average Bonchev–Trinajstić information content (AvgIpc) is 2.38. The molecule has 0 fully saturated rings. The number of amidine groups is 1. The highest BCUT2D eigenvalue weighted by Gasteiger charge is 2.32. The van der Waals surface area contributed by atoms with Crippen molar-refractivity contribution in [3.8, 4) is 11.5 Å². The zero-order chi connectivity index (χ0) is 16.1. The number of hydrogen-bond acceptors (Lipinski definition) is 4. The third-order valence-corrected chi connectivity index (χ3v) is 2.86. The second-order valence-electron chi connectivity index (χ2n) is 4.96. The van der Waals surface area contributed by atoms with Crippen LogP contribution in [0.1, 0.15) is 20.3 Å². The van der Waals surface area contributed by atoms with E-state index in [4.69, 9.17) is 15.7 Å². The van der Waals surface area contributed by atoms with Crippen molar-refractivity contribution in [3.05, 3.63) is 24.3 Å². The fraction of sp³-hybridized carbons (Fsp3) is 0.462. The zero-order valence-corrected chi connectivity index (χ0v) is 11.6. The predicted molar refractivity (Wildman–Crippen MR) is 70.4 cm³/mol. The summed E-state index contributed by atoms with van der Waals surface area (Å²) < 4.78 is 45.9. The van der Waals surface area contributed by atoms with Gasteiger partial charge in [-0.15, -0.1) is 13.2 Å². The topological polar surface area (TPSA) is 77.1 Å². The van der Waals surface area contributed by atoms with Crippen LogP contribution in [0.3, 0.4) is 0 Å². The molecule has 1 aromatic rings. The van der Waals surface area contributed by atoms with Crippen molar-refractivity contribution >= 4 is 5.84 Å². The zero-order valence-electron chi connectivity index (χ0n) is 11.6. The summed E-state index contributed by atoms with van der Waals surface area (Å²) in [5.41, 5.74) is 4.87. The van der Waals surface area contributed by atoms with Crippen LogP contribution in [0.2, 0.25) is 0 Å². The molecule has 0 atom stereocenters. The third kappa shape index (κ3) is 5.41. The van der Waals surface area contributed by atoms with E-state index < -0.39 is 17.5 Å². The summed E-state index contributed by atoms with van der Waals surface area (Å²) in [7, 11) is 0. The summed E-state index contributed by atoms with van der Waals surface area (Å²) >= 11 is 0. The number of alkyl halides is 3. The van der Waals surface area contributed by atoms with Gasteiger partial charge in [-0.25, -0.2) is 0 Å². The fourth-order valence-electron chi connectivity index (χ4n) is 1.46. The van der Waals surface area contributed by atoms with E-state index in [2.05, 4.69) is 9.89 Å². The number of hydrogen-bond donors (Lipinski definition) is 2. The number of halogens is 3. The van der Waals surface area contributed by atoms with Crippen molar-refractivity contribution in [3.63, 3.8) is 0 Å². The Labute approximate surface area is 120 Å². The first-order valence-electron chi connectivity index (χ1n) is 6.11. The lowest BCUT2D eigenvalue weighted by atomic mass is 9.88. The third-order valence-electron chi connectivity index (χ3n) is 2.86. The lowest BCUT2D eigenvalue weighted by molar-refractivity contribution is -0.275. The first-order valence-corrected chi connectivity index (χ1v) is 6.11. The van der Waals surface area contributed by atoms with Crippen LogP contribution in [-0.4, -0.2) is 24.0 Å². The number of benzene rings is 1. The van der Waals surface area contributed by atoms with Gasteiger partial charge < -0.3 is 20.4 Å². The van der Waals surface area contributed by atoms with Crippen LogP contribution >= 0.6 is 0 Å². The molecule has 0 heterocycles. The number of para-hydroxylation sites is 2. The van der Waals surface area contributed by atoms with Gasteiger partial charge >= 0.3 is 6.36 Å². The Hall–Kier alpha value is -2.12. The predicted octanol–water partition coefficient (Wildman–Crippen LogP) is 3.13. The van der Waals surface area contributed by atoms with Crippen molar-refractivity contribution in [1.82, 2.24) is 0 Å². The molecule has 1 aromatic carbocycles. The SMILES string of the molecule is CC(C)(CCOc1ccccc1OC(F)(F)F)/C(N)=N/O. The first kappa shape index (κ1) is 16.9. The molecule has 0 bridgehead atoms. The molecule has 0 spiro atoms. The largest absolute Gasteiger partial charge is 0.573 e. The molecule has 0 aliphatic carbocycles. The highest BCUT2D eigenvalue weighted by atomic mass is 19.4. The Morgan fingerprint density at radius 1 is 1.24 bits per heavy atom. The van der Waals surface area contributed by atoms with Crippen LogP contribution in [-0.2, 0) is 0 Å². The van der Waals surface area contributed by atoms with E-state index in [-0.39, 0.29) is 18.2 Å². The van der Waals surface area contributed by atoms with Gasteiger partial charge in [0.05, 0.1) is 6.61 Å². The molecule has 8 heteroatoms. The van der Waals surface area contributed by atoms with Crippen LogP contribution in [0.4, 0.5) is 13.2 Å². The molecule has 5 nitrogen and oxygen atoms in total. The van der Waals surface area contributed by atoms with E-state index in [0.717, 1.165) is 6.07 Å². The number of nitrogens with two attached hydrogens (primary N) is 1. The van der Waals surface area contributed by atoms with Crippen LogP contribution in [0.5, 0.6) is 11.5 Å². The normalized spacial score (nSPS) is 13.1. The van der Waals surface area contributed by atoms with E-state index in [1.54, 1.807) is 13.8 Å². The van der Waals surface area contributed by atoms with Gasteiger partial charge in [-0.05, 0) is 18.6 Å². The second-order valence-corrected chi connectivity index (χ2v) is 4.96. The number of oxime groups is 1. The number of ether oxygens (including phenoxy) is 2. The maximum absolute atomic E-state index is 12.2. The maximum Gasteiger partial charge on any atom is 0.573 e. The number of nitrogens with zero attached hydrogens (tertiary/aromatic N) is 1. The van der Waals surface area contributed by atoms with Crippen LogP contribution in [0.25, 0.3) is 0 Å². The molecule has 0 aliphatic rings. The minimum absolute atomic E-state index is 0.0194. The minimum atomic E-state index is -4.79. The summed E-state index contributed by atoms with van der Waals surface area (Å²) in [6.07, 6.45) is -4.43. The van der Waals surface area contributed by atoms with E-state index in [1.165, 1.54) is 18.2 Å². The molecule has 0 amide bonds. The van der Waals surface area contributed by atoms with Crippen molar-refractivity contribution in [2.75, 3.05) is 6.61 Å². The monoisotopic (exact) mass is 306 g/mol. The fourth-order valence-corrected chi connectivity index (χ4v) is 1.46. The van der Waals surface area contributed by atoms with Gasteiger partial charge in [-0.2, -0.15) is 0 Å². The van der Waals surface area contributed by atoms with Crippen LogP contribution in [0, 0.1) is 5.41 Å². The van der Waals surface area contributed by atoms with Gasteiger partial charge in [-0.1, -0.05) is 31.1 Å². The van der Waals surface area contributed by atoms with Gasteiger partial charge in [0.1, 0.15) is 5.84 Å². The molecule has 0 saturated carbocycles. The Balaban J connectivity index is 2.68. The molecule has 118 valence electrons. The van der Waals surface area contributed by atoms with E-state index in [0.29, 0.717) is 6.42 Å². The number of rotatable bonds is 6. The summed E-state index contributed by atoms with van der Waals surface area (Å²) in [6.45, 7) is 3.54. The molecule has 0 aliphatic heterocycles. The Morgan fingerprint density at radius 2 is 1.81 bits per heavy atom. The van der Waals surface area contributed by atoms with Crippen molar-refractivity contribution < 1.29 is 27.9 Å². The first-order chi connectivity index (χ1) is 9.65. The smallest absolute Gasteiger partial charge is 0.490 e. The van der Waals surface area contributed by atoms with E-state index >= 15 is 0 Å². The molecule has 0 radical (unpaired) electrons. The molecule has 21 heavy (non-hydrogen) atoms. The lowest BCUT2D eigenvalue weighted by Crippen LogP contribution is -2.33. The van der Waals surface area contributed by atoms with Crippen molar-refractivity contribution in [2.45, 2.75) is 26.6 Å². The molecular formula is C13H17F3N2O3. The Morgan fingerprint density at radius 3 is 2.33 bits per heavy atom. The van der Waals surface area contributed by atoms with Gasteiger partial charge in [0, 0.05) is 5.41 Å². The summed E-state index contributed by atoms with van der Waals surface area (Å²) in [5.74, 6) is -0.414. The molecular weight excluding hydrogens is 289 g/mol. The molecule has 0 saturated heterocycles. The Bertz CT molecular complexity index is 502. The molecule has 0 unspecified atom stereocenters. The highest BCUT2D eigenvalue weighted by Crippen LogP contribution is 2.32. The van der Waals surface area contributed by atoms with Crippen molar-refractivity contribution in [1.29, 1.82) is 0 Å². The average molecular weight is 306 g/mol. The minimum Gasteiger partial charge on any atom is -0.490 e. The summed E-state index contributed by atoms with van der Waals surface area (Å²) in [6, 6.07) is 5.48. The van der Waals surface area contributed by atoms with Crippen LogP contribution in [0.15, 0.2) is 29.4 Å². The van der Waals surface area contributed by atoms with E-state index in [9.17, 15) is 13.2 Å². The summed E-state index contributed by atoms with van der Waals surface area (Å²) in [4.78, 5) is 0.